The van der Waals surface area contributed by atoms with Gasteiger partial charge in [0.15, 0.2) is 0 Å². The molecule has 29 heavy (non-hydrogen) atoms. The molecule has 1 atom stereocenters. The largest absolute Gasteiger partial charge is 0.384 e. The predicted molar refractivity (Wildman–Crippen MR) is 111 cm³/mol. The Hall–Kier alpha value is -2.88. The third-order valence-electron chi connectivity index (χ3n) is 4.68. The Morgan fingerprint density at radius 3 is 2.48 bits per heavy atom. The van der Waals surface area contributed by atoms with Crippen molar-refractivity contribution in [1.29, 1.82) is 0 Å². The van der Waals surface area contributed by atoms with Crippen molar-refractivity contribution >= 4 is 44.5 Å². The summed E-state index contributed by atoms with van der Waals surface area (Å²) in [7, 11) is -4.26. The van der Waals surface area contributed by atoms with Gasteiger partial charge in [-0.15, -0.1) is 0 Å². The van der Waals surface area contributed by atoms with Crippen molar-refractivity contribution in [3.05, 3.63) is 65.1 Å². The Bertz CT molecular complexity index is 1240. The number of anilines is 2. The van der Waals surface area contributed by atoms with E-state index in [9.17, 15) is 12.8 Å². The lowest BCUT2D eigenvalue weighted by molar-refractivity contribution is 0.567. The van der Waals surface area contributed by atoms with Crippen molar-refractivity contribution in [2.75, 3.05) is 10.6 Å². The molecular formula is C19H17ClFN5O2S. The number of benzene rings is 2. The summed E-state index contributed by atoms with van der Waals surface area (Å²) in [5.74, 6) is -0.565. The second-order valence-electron chi connectivity index (χ2n) is 6.51. The van der Waals surface area contributed by atoms with E-state index in [1.165, 1.54) is 18.2 Å². The van der Waals surface area contributed by atoms with Crippen LogP contribution in [-0.2, 0) is 9.84 Å². The quantitative estimate of drug-likeness (QED) is 0.581. The van der Waals surface area contributed by atoms with Gasteiger partial charge in [0.1, 0.15) is 39.1 Å². The first kappa shape index (κ1) is 19.4. The lowest BCUT2D eigenvalue weighted by Gasteiger charge is -2.33. The molecule has 2 aromatic carbocycles. The van der Waals surface area contributed by atoms with Crippen LogP contribution in [0.25, 0.3) is 0 Å². The zero-order valence-corrected chi connectivity index (χ0v) is 16.8. The standard InChI is InChI=1S/C19H17ClFN5O2S/c1-10-24-15-16(19(23)26(10)12-8-6-11(20)7-9-12)25-18(22)17(15)29(27,28)14-5-3-2-4-13(14)21/h2-9,19,25H,22-23H2,1H3. The predicted octanol–water partition coefficient (Wildman–Crippen LogP) is 3.75. The number of H-pyrrole nitrogens is 1. The molecule has 1 unspecified atom stereocenters. The molecule has 0 bridgehead atoms. The van der Waals surface area contributed by atoms with Crippen LogP contribution in [-0.4, -0.2) is 19.2 Å². The van der Waals surface area contributed by atoms with Gasteiger partial charge in [0, 0.05) is 10.7 Å². The van der Waals surface area contributed by atoms with Gasteiger partial charge in [-0.3, -0.25) is 0 Å². The van der Waals surface area contributed by atoms with Crippen molar-refractivity contribution in [1.82, 2.24) is 4.98 Å². The van der Waals surface area contributed by atoms with E-state index >= 15 is 0 Å². The molecule has 7 nitrogen and oxygen atoms in total. The molecule has 5 N–H and O–H groups in total. The number of nitrogen functional groups attached to an aromatic ring is 1. The van der Waals surface area contributed by atoms with Gasteiger partial charge >= 0.3 is 0 Å². The first-order chi connectivity index (χ1) is 13.7. The van der Waals surface area contributed by atoms with Gasteiger partial charge < -0.3 is 21.4 Å². The Morgan fingerprint density at radius 1 is 1.17 bits per heavy atom. The summed E-state index contributed by atoms with van der Waals surface area (Å²) in [4.78, 5) is 8.20. The molecule has 4 rings (SSSR count). The van der Waals surface area contributed by atoms with Gasteiger partial charge in [-0.05, 0) is 43.3 Å². The van der Waals surface area contributed by atoms with Crippen LogP contribution in [0.2, 0.25) is 5.02 Å². The molecule has 0 aliphatic carbocycles. The van der Waals surface area contributed by atoms with Crippen LogP contribution in [0, 0.1) is 5.82 Å². The van der Waals surface area contributed by atoms with Crippen LogP contribution in [0.5, 0.6) is 0 Å². The van der Waals surface area contributed by atoms with Crippen molar-refractivity contribution in [3.8, 4) is 0 Å². The van der Waals surface area contributed by atoms with E-state index < -0.39 is 26.7 Å². The molecule has 0 saturated heterocycles. The monoisotopic (exact) mass is 433 g/mol. The van der Waals surface area contributed by atoms with Gasteiger partial charge in [0.2, 0.25) is 9.84 Å². The molecule has 0 spiro atoms. The number of aromatic nitrogens is 1. The minimum atomic E-state index is -4.26. The number of fused-ring (bicyclic) bond motifs is 1. The Kier molecular flexibility index (Phi) is 4.60. The Balaban J connectivity index is 1.87. The van der Waals surface area contributed by atoms with E-state index in [1.54, 1.807) is 36.1 Å². The number of sulfone groups is 1. The highest BCUT2D eigenvalue weighted by atomic mass is 35.5. The molecule has 0 fully saturated rings. The number of aliphatic imine (C=N–C) groups is 1. The second kappa shape index (κ2) is 6.87. The number of rotatable bonds is 3. The third kappa shape index (κ3) is 3.07. The average Bonchev–Trinajstić information content (AvgIpc) is 3.00. The fourth-order valence-corrected chi connectivity index (χ4v) is 5.05. The van der Waals surface area contributed by atoms with Crippen LogP contribution in [0.15, 0.2) is 63.3 Å². The molecule has 150 valence electrons. The van der Waals surface area contributed by atoms with E-state index in [4.69, 9.17) is 23.1 Å². The van der Waals surface area contributed by atoms with Gasteiger partial charge in [0.25, 0.3) is 0 Å². The molecule has 3 aromatic rings. The lowest BCUT2D eigenvalue weighted by atomic mass is 10.2. The van der Waals surface area contributed by atoms with Gasteiger partial charge in [0.05, 0.1) is 5.69 Å². The Labute approximate surface area is 171 Å². The number of halogens is 2. The number of hydrogen-bond donors (Lipinski definition) is 3. The van der Waals surface area contributed by atoms with Gasteiger partial charge in [-0.1, -0.05) is 23.7 Å². The van der Waals surface area contributed by atoms with E-state index in [1.807, 2.05) is 0 Å². The minimum absolute atomic E-state index is 0.0842. The molecule has 1 aromatic heterocycles. The summed E-state index contributed by atoms with van der Waals surface area (Å²) in [6.07, 6.45) is -0.782. The zero-order chi connectivity index (χ0) is 20.9. The van der Waals surface area contributed by atoms with Crippen molar-refractivity contribution < 1.29 is 12.8 Å². The maximum atomic E-state index is 14.2. The van der Waals surface area contributed by atoms with Crippen LogP contribution >= 0.6 is 11.6 Å². The maximum absolute atomic E-state index is 14.2. The number of aromatic amines is 1. The fraction of sp³-hybridized carbons (Fsp3) is 0.105. The zero-order valence-electron chi connectivity index (χ0n) is 15.2. The Morgan fingerprint density at radius 2 is 1.83 bits per heavy atom. The summed E-state index contributed by atoms with van der Waals surface area (Å²) < 4.78 is 40.5. The fourth-order valence-electron chi connectivity index (χ4n) is 3.38. The van der Waals surface area contributed by atoms with Crippen LogP contribution in [0.1, 0.15) is 18.8 Å². The summed E-state index contributed by atoms with van der Waals surface area (Å²) in [5.41, 5.74) is 13.5. The molecule has 0 saturated carbocycles. The van der Waals surface area contributed by atoms with Gasteiger partial charge in [-0.2, -0.15) is 0 Å². The third-order valence-corrected chi connectivity index (χ3v) is 6.79. The average molecular weight is 434 g/mol. The molecule has 2 heterocycles. The molecule has 0 radical (unpaired) electrons. The van der Waals surface area contributed by atoms with Crippen molar-refractivity contribution in [2.45, 2.75) is 22.9 Å². The number of hydrogen-bond acceptors (Lipinski definition) is 6. The molecule has 10 heteroatoms. The number of nitrogens with two attached hydrogens (primary N) is 2. The van der Waals surface area contributed by atoms with Crippen molar-refractivity contribution in [3.63, 3.8) is 0 Å². The highest BCUT2D eigenvalue weighted by Gasteiger charge is 2.36. The minimum Gasteiger partial charge on any atom is -0.384 e. The number of nitrogens with one attached hydrogen (secondary N) is 1. The number of amidine groups is 1. The lowest BCUT2D eigenvalue weighted by Crippen LogP contribution is -2.40. The van der Waals surface area contributed by atoms with Gasteiger partial charge in [-0.25, -0.2) is 17.8 Å². The number of nitrogens with zero attached hydrogens (tertiary/aromatic N) is 2. The van der Waals surface area contributed by atoms with Crippen LogP contribution in [0.4, 0.5) is 21.6 Å². The summed E-state index contributed by atoms with van der Waals surface area (Å²) in [6.45, 7) is 1.69. The summed E-state index contributed by atoms with van der Waals surface area (Å²) in [5, 5.41) is 0.567. The summed E-state index contributed by atoms with van der Waals surface area (Å²) >= 11 is 5.95. The normalized spacial score (nSPS) is 16.5. The smallest absolute Gasteiger partial charge is 0.215 e. The van der Waals surface area contributed by atoms with Crippen molar-refractivity contribution in [2.24, 2.45) is 10.7 Å². The molecule has 1 aliphatic rings. The molecular weight excluding hydrogens is 417 g/mol. The highest BCUT2D eigenvalue weighted by Crippen LogP contribution is 2.44. The first-order valence-corrected chi connectivity index (χ1v) is 10.4. The SMILES string of the molecule is CC1=Nc2c([nH]c(N)c2S(=O)(=O)c2ccccc2F)C(N)N1c1ccc(Cl)cc1. The van der Waals surface area contributed by atoms with E-state index in [2.05, 4.69) is 9.98 Å². The topological polar surface area (TPSA) is 118 Å². The molecule has 0 amide bonds. The second-order valence-corrected chi connectivity index (χ2v) is 8.81. The summed E-state index contributed by atoms with van der Waals surface area (Å²) in [6, 6.07) is 12.1. The first-order valence-electron chi connectivity index (χ1n) is 8.58. The van der Waals surface area contributed by atoms with E-state index in [0.29, 0.717) is 16.6 Å². The highest BCUT2D eigenvalue weighted by molar-refractivity contribution is 7.91. The van der Waals surface area contributed by atoms with E-state index in [-0.39, 0.29) is 16.4 Å². The van der Waals surface area contributed by atoms with Crippen LogP contribution in [0.3, 0.4) is 0 Å². The molecule has 1 aliphatic heterocycles. The maximum Gasteiger partial charge on any atom is 0.215 e. The van der Waals surface area contributed by atoms with Crippen LogP contribution < -0.4 is 16.4 Å². The van der Waals surface area contributed by atoms with E-state index in [0.717, 1.165) is 11.8 Å².